The Bertz CT molecular complexity index is 442. The molecule has 0 spiro atoms. The molecule has 1 aliphatic rings. The summed E-state index contributed by atoms with van der Waals surface area (Å²) in [5.41, 5.74) is 0.217. The zero-order chi connectivity index (χ0) is 14.0. The van der Waals surface area contributed by atoms with Gasteiger partial charge in [-0.05, 0) is 25.8 Å². The molecule has 2 rings (SSSR count). The molecule has 0 amide bonds. The number of rotatable bonds is 4. The first kappa shape index (κ1) is 14.3. The van der Waals surface area contributed by atoms with Gasteiger partial charge in [-0.1, -0.05) is 25.0 Å². The number of hydrogen-bond donors (Lipinski definition) is 2. The zero-order valence-electron chi connectivity index (χ0n) is 11.6. The molecular weight excluding hydrogens is 245 g/mol. The van der Waals surface area contributed by atoms with Crippen molar-refractivity contribution in [3.05, 3.63) is 29.6 Å². The van der Waals surface area contributed by atoms with E-state index in [1.807, 2.05) is 0 Å². The van der Waals surface area contributed by atoms with Crippen molar-refractivity contribution >= 4 is 5.69 Å². The lowest BCUT2D eigenvalue weighted by molar-refractivity contribution is 0.0557. The highest BCUT2D eigenvalue weighted by Crippen LogP contribution is 2.34. The van der Waals surface area contributed by atoms with E-state index < -0.39 is 11.7 Å². The fourth-order valence-corrected chi connectivity index (χ4v) is 2.98. The predicted octanol–water partition coefficient (Wildman–Crippen LogP) is 2.62. The van der Waals surface area contributed by atoms with Crippen LogP contribution in [0.15, 0.2) is 18.2 Å². The Morgan fingerprint density at radius 2 is 2.00 bits per heavy atom. The summed E-state index contributed by atoms with van der Waals surface area (Å²) in [7, 11) is 1.76. The van der Waals surface area contributed by atoms with Crippen LogP contribution in [0.4, 0.5) is 10.1 Å². The van der Waals surface area contributed by atoms with E-state index in [-0.39, 0.29) is 5.82 Å². The molecule has 0 bridgehead atoms. The Balaban J connectivity index is 2.25. The van der Waals surface area contributed by atoms with E-state index in [0.717, 1.165) is 25.7 Å². The van der Waals surface area contributed by atoms with Gasteiger partial charge in [0.05, 0.1) is 17.4 Å². The van der Waals surface area contributed by atoms with Crippen LogP contribution in [0.3, 0.4) is 0 Å². The first-order valence-corrected chi connectivity index (χ1v) is 6.83. The minimum atomic E-state index is -0.730. The van der Waals surface area contributed by atoms with Gasteiger partial charge in [0, 0.05) is 19.2 Å². The van der Waals surface area contributed by atoms with Crippen molar-refractivity contribution in [1.82, 2.24) is 0 Å². The molecule has 0 unspecified atom stereocenters. The number of aliphatic hydroxyl groups excluding tert-OH is 1. The van der Waals surface area contributed by atoms with Crippen LogP contribution in [-0.4, -0.2) is 29.4 Å². The van der Waals surface area contributed by atoms with Gasteiger partial charge in [0.2, 0.25) is 0 Å². The molecule has 0 aliphatic heterocycles. The molecule has 1 fully saturated rings. The second kappa shape index (κ2) is 5.47. The highest BCUT2D eigenvalue weighted by atomic mass is 19.1. The number of hydrogen-bond acceptors (Lipinski definition) is 3. The third-order valence-electron chi connectivity index (χ3n) is 3.92. The normalized spacial score (nSPS) is 19.4. The predicted molar refractivity (Wildman–Crippen MR) is 73.7 cm³/mol. The molecule has 4 heteroatoms. The van der Waals surface area contributed by atoms with Crippen LogP contribution in [0.2, 0.25) is 0 Å². The molecule has 2 N–H and O–H groups in total. The van der Waals surface area contributed by atoms with Crippen LogP contribution < -0.4 is 4.90 Å². The number of nitrogens with zero attached hydrogens (tertiary/aromatic N) is 1. The van der Waals surface area contributed by atoms with Gasteiger partial charge in [-0.3, -0.25) is 0 Å². The molecule has 0 aromatic heterocycles. The van der Waals surface area contributed by atoms with Crippen molar-refractivity contribution in [3.63, 3.8) is 0 Å². The fourth-order valence-electron chi connectivity index (χ4n) is 2.98. The Morgan fingerprint density at radius 3 is 2.58 bits per heavy atom. The fraction of sp³-hybridized carbons (Fsp3) is 0.600. The van der Waals surface area contributed by atoms with E-state index >= 15 is 0 Å². The molecule has 0 radical (unpaired) electrons. The summed E-state index contributed by atoms with van der Waals surface area (Å²) in [4.78, 5) is 1.72. The summed E-state index contributed by atoms with van der Waals surface area (Å²) in [5.74, 6) is -0.359. The molecule has 3 nitrogen and oxygen atoms in total. The minimum Gasteiger partial charge on any atom is -0.389 e. The summed E-state index contributed by atoms with van der Waals surface area (Å²) in [6, 6.07) is 4.70. The van der Waals surface area contributed by atoms with Crippen molar-refractivity contribution in [1.29, 1.82) is 0 Å². The highest BCUT2D eigenvalue weighted by Gasteiger charge is 2.33. The number of anilines is 1. The van der Waals surface area contributed by atoms with Crippen LogP contribution in [0.5, 0.6) is 0 Å². The van der Waals surface area contributed by atoms with Crippen molar-refractivity contribution in [2.75, 3.05) is 18.5 Å². The zero-order valence-corrected chi connectivity index (χ0v) is 11.6. The number of halogens is 1. The Hall–Kier alpha value is -1.13. The van der Waals surface area contributed by atoms with E-state index in [1.165, 1.54) is 6.07 Å². The van der Waals surface area contributed by atoms with E-state index in [1.54, 1.807) is 31.0 Å². The van der Waals surface area contributed by atoms with Crippen LogP contribution in [0.1, 0.15) is 44.3 Å². The van der Waals surface area contributed by atoms with Gasteiger partial charge < -0.3 is 15.1 Å². The summed E-state index contributed by atoms with van der Waals surface area (Å²) >= 11 is 0. The monoisotopic (exact) mass is 267 g/mol. The Kier molecular flexibility index (Phi) is 4.11. The molecular formula is C15H22FNO2. The summed E-state index contributed by atoms with van der Waals surface area (Å²) in [5, 5.41) is 20.2. The summed E-state index contributed by atoms with van der Waals surface area (Å²) in [6.45, 7) is 2.02. The lowest BCUT2D eigenvalue weighted by Gasteiger charge is -2.31. The Morgan fingerprint density at radius 1 is 1.37 bits per heavy atom. The molecule has 1 atom stereocenters. The first-order valence-electron chi connectivity index (χ1n) is 6.83. The standard InChI is InChI=1S/C15H22FNO2/c1-11(18)12-6-5-7-13(16)14(12)17(2)10-15(19)8-3-4-9-15/h5-7,11,18-19H,3-4,8-10H2,1-2H3/t11-/m1/s1. The van der Waals surface area contributed by atoms with Crippen molar-refractivity contribution in [2.45, 2.75) is 44.3 Å². The van der Waals surface area contributed by atoms with Crippen molar-refractivity contribution < 1.29 is 14.6 Å². The molecule has 1 aliphatic carbocycles. The molecule has 0 saturated heterocycles. The van der Waals surface area contributed by atoms with Crippen LogP contribution in [-0.2, 0) is 0 Å². The van der Waals surface area contributed by atoms with Gasteiger partial charge in [-0.15, -0.1) is 0 Å². The van der Waals surface area contributed by atoms with Crippen LogP contribution >= 0.6 is 0 Å². The van der Waals surface area contributed by atoms with Gasteiger partial charge in [0.25, 0.3) is 0 Å². The van der Waals surface area contributed by atoms with E-state index in [9.17, 15) is 14.6 Å². The van der Waals surface area contributed by atoms with E-state index in [4.69, 9.17) is 0 Å². The van der Waals surface area contributed by atoms with Gasteiger partial charge in [0.1, 0.15) is 5.82 Å². The average Bonchev–Trinajstić information content (AvgIpc) is 2.74. The summed E-state index contributed by atoms with van der Waals surface area (Å²) in [6.07, 6.45) is 2.83. The van der Waals surface area contributed by atoms with Gasteiger partial charge in [-0.2, -0.15) is 0 Å². The number of likely N-dealkylation sites (N-methyl/N-ethyl adjacent to an activating group) is 1. The Labute approximate surface area is 113 Å². The number of benzene rings is 1. The molecule has 19 heavy (non-hydrogen) atoms. The average molecular weight is 267 g/mol. The number of para-hydroxylation sites is 1. The molecule has 106 valence electrons. The van der Waals surface area contributed by atoms with Crippen LogP contribution in [0, 0.1) is 5.82 Å². The maximum absolute atomic E-state index is 14.0. The van der Waals surface area contributed by atoms with Crippen molar-refractivity contribution in [3.8, 4) is 0 Å². The third-order valence-corrected chi connectivity index (χ3v) is 3.92. The van der Waals surface area contributed by atoms with Crippen molar-refractivity contribution in [2.24, 2.45) is 0 Å². The second-order valence-corrected chi connectivity index (χ2v) is 5.64. The smallest absolute Gasteiger partial charge is 0.146 e. The lowest BCUT2D eigenvalue weighted by atomic mass is 10.0. The molecule has 1 aromatic carbocycles. The topological polar surface area (TPSA) is 43.7 Å². The van der Waals surface area contributed by atoms with Crippen LogP contribution in [0.25, 0.3) is 0 Å². The van der Waals surface area contributed by atoms with Gasteiger partial charge in [-0.25, -0.2) is 4.39 Å². The summed E-state index contributed by atoms with van der Waals surface area (Å²) < 4.78 is 14.0. The van der Waals surface area contributed by atoms with E-state index in [0.29, 0.717) is 17.8 Å². The molecule has 0 heterocycles. The SMILES string of the molecule is C[C@@H](O)c1cccc(F)c1N(C)CC1(O)CCCC1. The quantitative estimate of drug-likeness (QED) is 0.881. The number of aliphatic hydroxyl groups is 2. The maximum atomic E-state index is 14.0. The second-order valence-electron chi connectivity index (χ2n) is 5.64. The molecule has 1 saturated carbocycles. The largest absolute Gasteiger partial charge is 0.389 e. The maximum Gasteiger partial charge on any atom is 0.146 e. The lowest BCUT2D eigenvalue weighted by Crippen LogP contribution is -2.40. The van der Waals surface area contributed by atoms with Gasteiger partial charge in [0.15, 0.2) is 0 Å². The highest BCUT2D eigenvalue weighted by molar-refractivity contribution is 5.55. The van der Waals surface area contributed by atoms with Gasteiger partial charge >= 0.3 is 0 Å². The van der Waals surface area contributed by atoms with E-state index in [2.05, 4.69) is 0 Å². The molecule has 1 aromatic rings. The first-order chi connectivity index (χ1) is 8.93. The third kappa shape index (κ3) is 3.07. The minimum absolute atomic E-state index is 0.359.